The van der Waals surface area contributed by atoms with E-state index < -0.39 is 0 Å². The molecule has 0 aromatic heterocycles. The van der Waals surface area contributed by atoms with Crippen molar-refractivity contribution in [2.45, 2.75) is 90.3 Å². The molecule has 0 aromatic rings. The van der Waals surface area contributed by atoms with E-state index in [1.165, 1.54) is 32.1 Å². The second kappa shape index (κ2) is 8.25. The fraction of sp³-hybridized carbons (Fsp3) is 0.962. The fourth-order valence-corrected chi connectivity index (χ4v) is 9.65. The molecule has 0 spiro atoms. The minimum Gasteiger partial charge on any atom is -0.391 e. The Balaban J connectivity index is 1.39. The first-order chi connectivity index (χ1) is 14.8. The van der Waals surface area contributed by atoms with Gasteiger partial charge in [0.15, 0.2) is 5.78 Å². The van der Waals surface area contributed by atoms with Crippen LogP contribution in [0.5, 0.6) is 0 Å². The van der Waals surface area contributed by atoms with Crippen molar-refractivity contribution in [3.05, 3.63) is 0 Å². The predicted molar refractivity (Wildman–Crippen MR) is 123 cm³/mol. The molecule has 1 saturated heterocycles. The summed E-state index contributed by atoms with van der Waals surface area (Å²) >= 11 is 6.00. The van der Waals surface area contributed by atoms with E-state index in [9.17, 15) is 9.90 Å². The van der Waals surface area contributed by atoms with E-state index in [0.717, 1.165) is 50.9 Å². The van der Waals surface area contributed by atoms with Crippen LogP contribution in [0.3, 0.4) is 0 Å². The van der Waals surface area contributed by atoms with E-state index in [4.69, 9.17) is 16.3 Å². The summed E-state index contributed by atoms with van der Waals surface area (Å²) in [6.45, 7) is 9.75. The smallest absolute Gasteiger partial charge is 0.151 e. The molecule has 5 aliphatic rings. The van der Waals surface area contributed by atoms with Gasteiger partial charge in [-0.25, -0.2) is 0 Å². The number of rotatable bonds is 3. The van der Waals surface area contributed by atoms with E-state index in [1.54, 1.807) is 0 Å². The average Bonchev–Trinajstić information content (AvgIpc) is 3.11. The molecule has 0 bridgehead atoms. The number of hydrogen-bond donors (Lipinski definition) is 1. The van der Waals surface area contributed by atoms with E-state index >= 15 is 0 Å². The van der Waals surface area contributed by atoms with Crippen LogP contribution in [-0.4, -0.2) is 59.6 Å². The summed E-state index contributed by atoms with van der Waals surface area (Å²) in [6.07, 6.45) is 9.09. The van der Waals surface area contributed by atoms with Crippen molar-refractivity contribution in [2.24, 2.45) is 40.4 Å². The quantitative estimate of drug-likeness (QED) is 0.641. The van der Waals surface area contributed by atoms with Crippen molar-refractivity contribution in [3.63, 3.8) is 0 Å². The molecule has 4 aliphatic carbocycles. The maximum absolute atomic E-state index is 12.6. The SMILES string of the molecule is CC1COCCN1C1C[C@@]2(C)C(CC[C@H]3[C@@H]4CC[C@H](C(=O)CCl)[C@@]4(C)CC[C@@H]32)CC1O. The first-order valence-corrected chi connectivity index (χ1v) is 13.4. The molecule has 5 rings (SSSR count). The Hall–Kier alpha value is -0.160. The van der Waals surface area contributed by atoms with Gasteiger partial charge >= 0.3 is 0 Å². The van der Waals surface area contributed by atoms with Gasteiger partial charge in [-0.3, -0.25) is 9.69 Å². The molecule has 1 heterocycles. The molecule has 4 unspecified atom stereocenters. The summed E-state index contributed by atoms with van der Waals surface area (Å²) in [6, 6.07) is 0.654. The first-order valence-electron chi connectivity index (χ1n) is 12.9. The minimum atomic E-state index is -0.207. The Kier molecular flexibility index (Phi) is 6.02. The number of fused-ring (bicyclic) bond motifs is 5. The zero-order valence-electron chi connectivity index (χ0n) is 19.7. The fourth-order valence-electron chi connectivity index (χ4n) is 9.47. The molecule has 1 aliphatic heterocycles. The molecular weight excluding hydrogens is 410 g/mol. The van der Waals surface area contributed by atoms with Crippen LogP contribution in [0.15, 0.2) is 0 Å². The van der Waals surface area contributed by atoms with Crippen LogP contribution in [0.25, 0.3) is 0 Å². The monoisotopic (exact) mass is 451 g/mol. The van der Waals surface area contributed by atoms with Crippen molar-refractivity contribution < 1.29 is 14.6 Å². The number of morpholine rings is 1. The van der Waals surface area contributed by atoms with Gasteiger partial charge in [0.2, 0.25) is 0 Å². The van der Waals surface area contributed by atoms with Gasteiger partial charge in [-0.2, -0.15) is 0 Å². The van der Waals surface area contributed by atoms with Gasteiger partial charge in [0.25, 0.3) is 0 Å². The topological polar surface area (TPSA) is 49.8 Å². The normalized spacial score (nSPS) is 52.8. The number of aliphatic hydroxyl groups excluding tert-OH is 1. The van der Waals surface area contributed by atoms with Crippen LogP contribution in [0.2, 0.25) is 0 Å². The summed E-state index contributed by atoms with van der Waals surface area (Å²) < 4.78 is 5.69. The molecule has 10 atom stereocenters. The Morgan fingerprint density at radius 1 is 1.13 bits per heavy atom. The van der Waals surface area contributed by atoms with Crippen molar-refractivity contribution in [1.82, 2.24) is 4.90 Å². The molecule has 5 heteroatoms. The Labute approximate surface area is 193 Å². The minimum absolute atomic E-state index is 0.155. The maximum atomic E-state index is 12.6. The number of ether oxygens (including phenoxy) is 1. The summed E-state index contributed by atoms with van der Waals surface area (Å²) in [5.41, 5.74) is 0.462. The van der Waals surface area contributed by atoms with Crippen molar-refractivity contribution >= 4 is 17.4 Å². The van der Waals surface area contributed by atoms with Crippen molar-refractivity contribution in [1.29, 1.82) is 0 Å². The second-order valence-corrected chi connectivity index (χ2v) is 12.4. The van der Waals surface area contributed by atoms with Gasteiger partial charge in [-0.05, 0) is 92.8 Å². The number of carbonyl (C=O) groups excluding carboxylic acids is 1. The lowest BCUT2D eigenvalue weighted by molar-refractivity contribution is -0.161. The summed E-state index contributed by atoms with van der Waals surface area (Å²) in [7, 11) is 0. The van der Waals surface area contributed by atoms with Gasteiger partial charge < -0.3 is 9.84 Å². The number of carbonyl (C=O) groups is 1. The Morgan fingerprint density at radius 3 is 2.65 bits per heavy atom. The van der Waals surface area contributed by atoms with E-state index in [-0.39, 0.29) is 35.1 Å². The van der Waals surface area contributed by atoms with E-state index in [1.807, 2.05) is 0 Å². The van der Waals surface area contributed by atoms with Crippen molar-refractivity contribution in [3.8, 4) is 0 Å². The standard InChI is InChI=1S/C26H42ClNO3/c1-16-15-31-11-10-28(16)22-13-26(3)17(12-23(22)29)4-5-18-19-6-7-21(24(30)14-27)25(19,2)9-8-20(18)26/h16-23,29H,4-15H2,1-3H3/t16?,17?,18-,19-,20-,21+,22?,23?,25-,26-/m0/s1. The number of halogens is 1. The number of aliphatic hydroxyl groups is 1. The van der Waals surface area contributed by atoms with E-state index in [2.05, 4.69) is 25.7 Å². The highest BCUT2D eigenvalue weighted by Gasteiger charge is 2.62. The van der Waals surface area contributed by atoms with Crippen LogP contribution in [0.1, 0.15) is 72.1 Å². The average molecular weight is 452 g/mol. The van der Waals surface area contributed by atoms with Gasteiger partial charge in [0.05, 0.1) is 25.2 Å². The molecule has 1 N–H and O–H groups in total. The zero-order valence-corrected chi connectivity index (χ0v) is 20.4. The molecule has 4 nitrogen and oxygen atoms in total. The largest absolute Gasteiger partial charge is 0.391 e. The van der Waals surface area contributed by atoms with Gasteiger partial charge in [0, 0.05) is 24.5 Å². The maximum Gasteiger partial charge on any atom is 0.151 e. The highest BCUT2D eigenvalue weighted by atomic mass is 35.5. The van der Waals surface area contributed by atoms with Gasteiger partial charge in [-0.15, -0.1) is 11.6 Å². The third-order valence-electron chi connectivity index (χ3n) is 11.0. The molecule has 0 aromatic carbocycles. The van der Waals surface area contributed by atoms with Crippen LogP contribution in [0.4, 0.5) is 0 Å². The summed E-state index contributed by atoms with van der Waals surface area (Å²) in [4.78, 5) is 15.2. The molecule has 4 saturated carbocycles. The number of nitrogens with zero attached hydrogens (tertiary/aromatic N) is 1. The predicted octanol–water partition coefficient (Wildman–Crippen LogP) is 4.51. The summed E-state index contributed by atoms with van der Waals surface area (Å²) in [5.74, 6) is 3.43. The molecular formula is C26H42ClNO3. The lowest BCUT2D eigenvalue weighted by atomic mass is 9.44. The molecule has 176 valence electrons. The third kappa shape index (κ3) is 3.45. The Bertz CT molecular complexity index is 702. The second-order valence-electron chi connectivity index (χ2n) is 12.2. The lowest BCUT2D eigenvalue weighted by Crippen LogP contribution is -2.62. The van der Waals surface area contributed by atoms with Gasteiger partial charge in [0.1, 0.15) is 0 Å². The summed E-state index contributed by atoms with van der Waals surface area (Å²) in [5, 5.41) is 11.2. The van der Waals surface area contributed by atoms with Crippen LogP contribution in [-0.2, 0) is 9.53 Å². The van der Waals surface area contributed by atoms with Crippen molar-refractivity contribution in [2.75, 3.05) is 25.6 Å². The van der Waals surface area contributed by atoms with Crippen LogP contribution < -0.4 is 0 Å². The van der Waals surface area contributed by atoms with Crippen LogP contribution >= 0.6 is 11.6 Å². The lowest BCUT2D eigenvalue weighted by Gasteiger charge is -2.63. The number of ketones is 1. The first kappa shape index (κ1) is 22.6. The van der Waals surface area contributed by atoms with Crippen LogP contribution in [0, 0.1) is 40.4 Å². The highest BCUT2D eigenvalue weighted by molar-refractivity contribution is 6.28. The number of Topliss-reactive ketones (excluding diaryl/α,β-unsaturated/α-hetero) is 1. The number of alkyl halides is 1. The number of hydrogen-bond acceptors (Lipinski definition) is 4. The molecule has 0 amide bonds. The molecule has 0 radical (unpaired) electrons. The van der Waals surface area contributed by atoms with Gasteiger partial charge in [-0.1, -0.05) is 13.8 Å². The molecule has 5 fully saturated rings. The molecule has 31 heavy (non-hydrogen) atoms. The van der Waals surface area contributed by atoms with E-state index in [0.29, 0.717) is 23.3 Å². The third-order valence-corrected chi connectivity index (χ3v) is 11.3. The Morgan fingerprint density at radius 2 is 1.90 bits per heavy atom. The highest BCUT2D eigenvalue weighted by Crippen LogP contribution is 2.67. The zero-order chi connectivity index (χ0) is 22.0.